The van der Waals surface area contributed by atoms with E-state index in [1.807, 2.05) is 72.8 Å². The number of amides is 2. The summed E-state index contributed by atoms with van der Waals surface area (Å²) >= 11 is 0. The number of ether oxygens (including phenoxy) is 1. The molecule has 0 radical (unpaired) electrons. The van der Waals surface area contributed by atoms with Gasteiger partial charge in [0.15, 0.2) is 0 Å². The van der Waals surface area contributed by atoms with Gasteiger partial charge in [0.2, 0.25) is 11.8 Å². The molecule has 0 spiro atoms. The van der Waals surface area contributed by atoms with E-state index in [1.54, 1.807) is 12.0 Å². The number of hydrogen-bond acceptors (Lipinski definition) is 3. The number of para-hydroxylation sites is 1. The largest absolute Gasteiger partial charge is 0.497 e. The molecule has 0 bridgehead atoms. The predicted molar refractivity (Wildman–Crippen MR) is 131 cm³/mol. The number of benzene rings is 3. The fourth-order valence-electron chi connectivity index (χ4n) is 4.92. The van der Waals surface area contributed by atoms with Crippen LogP contribution >= 0.6 is 0 Å². The lowest BCUT2D eigenvalue weighted by molar-refractivity contribution is -0.141. The predicted octanol–water partition coefficient (Wildman–Crippen LogP) is 4.36. The van der Waals surface area contributed by atoms with E-state index in [0.717, 1.165) is 39.0 Å². The summed E-state index contributed by atoms with van der Waals surface area (Å²) in [6.45, 7) is 1.94. The van der Waals surface area contributed by atoms with Crippen LogP contribution in [0.4, 0.5) is 0 Å². The molecule has 1 aliphatic heterocycles. The number of carbonyl (C=O) groups is 2. The first-order valence-corrected chi connectivity index (χ1v) is 11.4. The van der Waals surface area contributed by atoms with Crippen molar-refractivity contribution in [2.24, 2.45) is 0 Å². The molecule has 2 amide bonds. The van der Waals surface area contributed by atoms with Crippen molar-refractivity contribution in [3.63, 3.8) is 0 Å². The third-order valence-corrected chi connectivity index (χ3v) is 6.54. The van der Waals surface area contributed by atoms with Crippen LogP contribution in [-0.2, 0) is 22.6 Å². The summed E-state index contributed by atoms with van der Waals surface area (Å²) in [5.41, 5.74) is 4.97. The van der Waals surface area contributed by atoms with Crippen molar-refractivity contribution in [3.8, 4) is 5.75 Å². The molecule has 3 aromatic carbocycles. The van der Waals surface area contributed by atoms with Crippen LogP contribution in [0.15, 0.2) is 78.9 Å². The summed E-state index contributed by atoms with van der Waals surface area (Å²) in [6.07, 6.45) is 0.451. The Hall–Kier alpha value is -4.06. The van der Waals surface area contributed by atoms with Gasteiger partial charge in [-0.3, -0.25) is 9.59 Å². The summed E-state index contributed by atoms with van der Waals surface area (Å²) < 4.78 is 5.33. The van der Waals surface area contributed by atoms with E-state index in [0.29, 0.717) is 13.0 Å². The molecule has 0 saturated carbocycles. The van der Waals surface area contributed by atoms with Crippen molar-refractivity contribution in [2.75, 3.05) is 7.11 Å². The van der Waals surface area contributed by atoms with Crippen LogP contribution in [0.3, 0.4) is 0 Å². The quantitative estimate of drug-likeness (QED) is 0.472. The van der Waals surface area contributed by atoms with E-state index in [9.17, 15) is 9.59 Å². The van der Waals surface area contributed by atoms with E-state index < -0.39 is 12.1 Å². The second-order valence-corrected chi connectivity index (χ2v) is 8.59. The molecular weight excluding hydrogens is 426 g/mol. The number of carbonyl (C=O) groups excluding carboxylic acids is 2. The molecule has 2 atom stereocenters. The number of methoxy groups -OCH3 is 1. The highest BCUT2D eigenvalue weighted by Crippen LogP contribution is 2.41. The Labute approximate surface area is 198 Å². The van der Waals surface area contributed by atoms with Gasteiger partial charge >= 0.3 is 0 Å². The van der Waals surface area contributed by atoms with Gasteiger partial charge in [0.05, 0.1) is 13.2 Å². The van der Waals surface area contributed by atoms with Crippen LogP contribution in [0.25, 0.3) is 10.9 Å². The van der Waals surface area contributed by atoms with E-state index >= 15 is 0 Å². The van der Waals surface area contributed by atoms with Crippen LogP contribution in [0, 0.1) is 0 Å². The zero-order valence-electron chi connectivity index (χ0n) is 19.2. The van der Waals surface area contributed by atoms with Gasteiger partial charge in [-0.2, -0.15) is 0 Å². The summed E-state index contributed by atoms with van der Waals surface area (Å²) in [7, 11) is 1.63. The Kier molecular flexibility index (Phi) is 5.80. The highest BCUT2D eigenvalue weighted by molar-refractivity contribution is 5.92. The van der Waals surface area contributed by atoms with Gasteiger partial charge in [-0.1, -0.05) is 60.7 Å². The monoisotopic (exact) mass is 453 g/mol. The molecule has 1 aliphatic rings. The molecule has 172 valence electrons. The van der Waals surface area contributed by atoms with Crippen molar-refractivity contribution in [3.05, 3.63) is 101 Å². The van der Waals surface area contributed by atoms with E-state index in [1.165, 1.54) is 6.92 Å². The Morgan fingerprint density at radius 2 is 1.71 bits per heavy atom. The van der Waals surface area contributed by atoms with Gasteiger partial charge < -0.3 is 19.9 Å². The Bertz CT molecular complexity index is 1330. The third kappa shape index (κ3) is 3.92. The molecule has 2 N–H and O–H groups in total. The summed E-state index contributed by atoms with van der Waals surface area (Å²) in [5, 5.41) is 4.14. The van der Waals surface area contributed by atoms with Crippen LogP contribution in [0.1, 0.15) is 35.3 Å². The van der Waals surface area contributed by atoms with E-state index in [-0.39, 0.29) is 11.8 Å². The minimum Gasteiger partial charge on any atom is -0.497 e. The second kappa shape index (κ2) is 9.06. The van der Waals surface area contributed by atoms with Crippen LogP contribution in [0.2, 0.25) is 0 Å². The molecule has 1 aromatic heterocycles. The van der Waals surface area contributed by atoms with Gasteiger partial charge in [-0.25, -0.2) is 0 Å². The lowest BCUT2D eigenvalue weighted by Gasteiger charge is -2.41. The molecule has 0 fully saturated rings. The summed E-state index contributed by atoms with van der Waals surface area (Å²) in [6, 6.07) is 24.5. The number of fused-ring (bicyclic) bond motifs is 3. The van der Waals surface area contributed by atoms with Crippen LogP contribution < -0.4 is 10.1 Å². The average molecular weight is 454 g/mol. The third-order valence-electron chi connectivity index (χ3n) is 6.54. The molecule has 0 saturated heterocycles. The highest BCUT2D eigenvalue weighted by Gasteiger charge is 2.42. The number of hydrogen-bond donors (Lipinski definition) is 2. The van der Waals surface area contributed by atoms with E-state index in [2.05, 4.69) is 16.4 Å². The first kappa shape index (κ1) is 21.8. The van der Waals surface area contributed by atoms with Crippen LogP contribution in [-0.4, -0.2) is 34.8 Å². The number of H-pyrrole nitrogens is 1. The maximum absolute atomic E-state index is 13.5. The van der Waals surface area contributed by atoms with Crippen molar-refractivity contribution >= 4 is 22.7 Å². The maximum Gasteiger partial charge on any atom is 0.243 e. The molecule has 34 heavy (non-hydrogen) atoms. The molecule has 0 unspecified atom stereocenters. The second-order valence-electron chi connectivity index (χ2n) is 8.59. The minimum atomic E-state index is -0.625. The topological polar surface area (TPSA) is 74.4 Å². The first-order chi connectivity index (χ1) is 16.6. The lowest BCUT2D eigenvalue weighted by atomic mass is 9.87. The van der Waals surface area contributed by atoms with Crippen molar-refractivity contribution in [1.29, 1.82) is 0 Å². The number of rotatable bonds is 5. The molecular formula is C28H27N3O3. The summed E-state index contributed by atoms with van der Waals surface area (Å²) in [4.78, 5) is 31.8. The van der Waals surface area contributed by atoms with Crippen molar-refractivity contribution in [2.45, 2.75) is 32.0 Å². The van der Waals surface area contributed by atoms with Gasteiger partial charge in [0.1, 0.15) is 11.8 Å². The van der Waals surface area contributed by atoms with E-state index in [4.69, 9.17) is 4.74 Å². The van der Waals surface area contributed by atoms with Gasteiger partial charge in [0, 0.05) is 36.5 Å². The zero-order valence-corrected chi connectivity index (χ0v) is 19.2. The van der Waals surface area contributed by atoms with Crippen molar-refractivity contribution in [1.82, 2.24) is 15.2 Å². The normalized spacial score (nSPS) is 17.3. The molecule has 0 aliphatic carbocycles. The van der Waals surface area contributed by atoms with Crippen molar-refractivity contribution < 1.29 is 14.3 Å². The fourth-order valence-corrected chi connectivity index (χ4v) is 4.92. The maximum atomic E-state index is 13.5. The summed E-state index contributed by atoms with van der Waals surface area (Å²) in [5.74, 6) is 0.432. The Balaban J connectivity index is 1.58. The van der Waals surface area contributed by atoms with Gasteiger partial charge in [-0.15, -0.1) is 0 Å². The van der Waals surface area contributed by atoms with Crippen LogP contribution in [0.5, 0.6) is 5.75 Å². The zero-order chi connectivity index (χ0) is 23.7. The van der Waals surface area contributed by atoms with Gasteiger partial charge in [-0.05, 0) is 34.9 Å². The standard InChI is InChI=1S/C28H27N3O3/c1-18(32)31-25(28(33)29-17-19-8-4-3-5-9-19)16-23-22-10-6-7-11-24(22)30-26(23)27(31)20-12-14-21(34-2)15-13-20/h3-15,25,27,30H,16-17H2,1-2H3,(H,29,33)/t25-,27+/m0/s1. The number of nitrogens with one attached hydrogen (secondary N) is 2. The molecule has 6 nitrogen and oxygen atoms in total. The molecule has 5 rings (SSSR count). The SMILES string of the molecule is COc1ccc([C@@H]2c3[nH]c4ccccc4c3C[C@@H](C(=O)NCc3ccccc3)N2C(C)=O)cc1. The minimum absolute atomic E-state index is 0.148. The smallest absolute Gasteiger partial charge is 0.243 e. The Morgan fingerprint density at radius 1 is 1.00 bits per heavy atom. The molecule has 4 aromatic rings. The first-order valence-electron chi connectivity index (χ1n) is 11.4. The number of aromatic nitrogens is 1. The lowest BCUT2D eigenvalue weighted by Crippen LogP contribution is -2.54. The van der Waals surface area contributed by atoms with Gasteiger partial charge in [0.25, 0.3) is 0 Å². The number of aromatic amines is 1. The Morgan fingerprint density at radius 3 is 2.41 bits per heavy atom. The highest BCUT2D eigenvalue weighted by atomic mass is 16.5. The number of nitrogens with zero attached hydrogens (tertiary/aromatic N) is 1. The fraction of sp³-hybridized carbons (Fsp3) is 0.214. The average Bonchev–Trinajstić information content (AvgIpc) is 3.25. The molecule has 2 heterocycles. The molecule has 6 heteroatoms.